The van der Waals surface area contributed by atoms with Crippen molar-refractivity contribution in [2.75, 3.05) is 6.61 Å². The van der Waals surface area contributed by atoms with Crippen LogP contribution in [0.1, 0.15) is 12.5 Å². The molecule has 1 N–H and O–H groups in total. The van der Waals surface area contributed by atoms with Crippen molar-refractivity contribution in [3.8, 4) is 0 Å². The molecule has 9 heteroatoms. The zero-order chi connectivity index (χ0) is 13.9. The predicted molar refractivity (Wildman–Crippen MR) is 54.2 cm³/mol. The van der Waals surface area contributed by atoms with Crippen molar-refractivity contribution in [1.29, 1.82) is 0 Å². The maximum absolute atomic E-state index is 12.2. The quantitative estimate of drug-likeness (QED) is 0.656. The first-order valence-corrected chi connectivity index (χ1v) is 4.79. The Hall–Kier alpha value is -1.90. The molecular formula is C9H9F3N2O4. The highest BCUT2D eigenvalue weighted by Crippen LogP contribution is 2.27. The van der Waals surface area contributed by atoms with Crippen LogP contribution in [0, 0.1) is 10.1 Å². The van der Waals surface area contributed by atoms with Gasteiger partial charge < -0.3 is 9.67 Å². The molecule has 1 atom stereocenters. The molecule has 1 rings (SSSR count). The Balaban J connectivity index is 3.16. The summed E-state index contributed by atoms with van der Waals surface area (Å²) in [6.07, 6.45) is -5.34. The topological polar surface area (TPSA) is 85.4 Å². The van der Waals surface area contributed by atoms with Crippen LogP contribution in [-0.4, -0.2) is 27.4 Å². The van der Waals surface area contributed by atoms with Crippen LogP contribution in [-0.2, 0) is 0 Å². The van der Waals surface area contributed by atoms with Gasteiger partial charge >= 0.3 is 6.18 Å². The lowest BCUT2D eigenvalue weighted by Crippen LogP contribution is -2.29. The molecule has 1 unspecified atom stereocenters. The third-order valence-corrected chi connectivity index (χ3v) is 2.20. The van der Waals surface area contributed by atoms with Crippen LogP contribution in [0.25, 0.3) is 0 Å². The van der Waals surface area contributed by atoms with E-state index < -0.39 is 41.4 Å². The highest BCUT2D eigenvalue weighted by atomic mass is 19.4. The SMILES string of the molecule is O=c1ccc([N+](=O)[O-])cn1C(CO)CC(F)(F)F. The average Bonchev–Trinajstić information content (AvgIpc) is 2.25. The molecule has 0 amide bonds. The van der Waals surface area contributed by atoms with Gasteiger partial charge in [0, 0.05) is 12.1 Å². The minimum absolute atomic E-state index is 0.518. The van der Waals surface area contributed by atoms with E-state index in [4.69, 9.17) is 5.11 Å². The Morgan fingerprint density at radius 2 is 2.06 bits per heavy atom. The number of nitrogens with zero attached hydrogens (tertiary/aromatic N) is 2. The van der Waals surface area contributed by atoms with Gasteiger partial charge in [0.05, 0.1) is 30.2 Å². The number of rotatable bonds is 4. The fourth-order valence-electron chi connectivity index (χ4n) is 1.40. The molecule has 18 heavy (non-hydrogen) atoms. The van der Waals surface area contributed by atoms with Gasteiger partial charge in [0.25, 0.3) is 11.2 Å². The molecule has 100 valence electrons. The van der Waals surface area contributed by atoms with Crippen molar-refractivity contribution in [2.24, 2.45) is 0 Å². The van der Waals surface area contributed by atoms with Gasteiger partial charge in [-0.15, -0.1) is 0 Å². The Bertz CT molecular complexity index is 497. The van der Waals surface area contributed by atoms with Crippen molar-refractivity contribution in [3.05, 3.63) is 38.8 Å². The number of aliphatic hydroxyl groups is 1. The van der Waals surface area contributed by atoms with Gasteiger partial charge in [0.15, 0.2) is 0 Å². The van der Waals surface area contributed by atoms with Crippen molar-refractivity contribution >= 4 is 5.69 Å². The molecule has 0 aliphatic carbocycles. The van der Waals surface area contributed by atoms with E-state index in [2.05, 4.69) is 0 Å². The van der Waals surface area contributed by atoms with Crippen LogP contribution < -0.4 is 5.56 Å². The molecule has 1 aromatic rings. The van der Waals surface area contributed by atoms with Crippen LogP contribution in [0.5, 0.6) is 0 Å². The molecule has 6 nitrogen and oxygen atoms in total. The standard InChI is InChI=1S/C9H9F3N2O4/c10-9(11,12)3-7(5-15)13-4-6(14(17)18)1-2-8(13)16/h1-2,4,7,15H,3,5H2. The summed E-state index contributed by atoms with van der Waals surface area (Å²) in [6, 6.07) is 0.107. The number of alkyl halides is 3. The number of halogens is 3. The normalized spacial score (nSPS) is 13.3. The third kappa shape index (κ3) is 3.55. The van der Waals surface area contributed by atoms with E-state index >= 15 is 0 Å². The van der Waals surface area contributed by atoms with Crippen LogP contribution in [0.15, 0.2) is 23.1 Å². The second-order valence-electron chi connectivity index (χ2n) is 3.55. The molecule has 0 aliphatic heterocycles. The Labute approximate surface area is 98.4 Å². The van der Waals surface area contributed by atoms with Gasteiger partial charge in [-0.25, -0.2) is 0 Å². The van der Waals surface area contributed by atoms with Crippen LogP contribution >= 0.6 is 0 Å². The smallest absolute Gasteiger partial charge is 0.391 e. The van der Waals surface area contributed by atoms with E-state index in [9.17, 15) is 28.1 Å². The Morgan fingerprint density at radius 3 is 2.50 bits per heavy atom. The summed E-state index contributed by atoms with van der Waals surface area (Å²) in [5.41, 5.74) is -1.36. The largest absolute Gasteiger partial charge is 0.394 e. The number of hydrogen-bond donors (Lipinski definition) is 1. The zero-order valence-electron chi connectivity index (χ0n) is 8.92. The van der Waals surface area contributed by atoms with Gasteiger partial charge in [-0.2, -0.15) is 13.2 Å². The number of aliphatic hydroxyl groups excluding tert-OH is 1. The van der Waals surface area contributed by atoms with Crippen LogP contribution in [0.3, 0.4) is 0 Å². The van der Waals surface area contributed by atoms with E-state index in [0.29, 0.717) is 10.8 Å². The molecule has 0 spiro atoms. The molecule has 1 aromatic heterocycles. The molecule has 0 saturated heterocycles. The summed E-state index contributed by atoms with van der Waals surface area (Å²) in [4.78, 5) is 21.0. The zero-order valence-corrected chi connectivity index (χ0v) is 8.92. The first-order chi connectivity index (χ1) is 8.24. The lowest BCUT2D eigenvalue weighted by Gasteiger charge is -2.18. The maximum atomic E-state index is 12.2. The fourth-order valence-corrected chi connectivity index (χ4v) is 1.40. The van der Waals surface area contributed by atoms with E-state index in [0.717, 1.165) is 12.1 Å². The highest BCUT2D eigenvalue weighted by Gasteiger charge is 2.33. The Kier molecular flexibility index (Phi) is 4.07. The van der Waals surface area contributed by atoms with Gasteiger partial charge in [0.2, 0.25) is 0 Å². The fraction of sp³-hybridized carbons (Fsp3) is 0.444. The summed E-state index contributed by atoms with van der Waals surface area (Å²) in [6.45, 7) is -0.944. The number of nitro groups is 1. The number of hydrogen-bond acceptors (Lipinski definition) is 4. The first kappa shape index (κ1) is 14.2. The summed E-state index contributed by atoms with van der Waals surface area (Å²) >= 11 is 0. The second kappa shape index (κ2) is 5.17. The highest BCUT2D eigenvalue weighted by molar-refractivity contribution is 5.25. The van der Waals surface area contributed by atoms with E-state index in [1.165, 1.54) is 0 Å². The van der Waals surface area contributed by atoms with Crippen LogP contribution in [0.4, 0.5) is 18.9 Å². The lowest BCUT2D eigenvalue weighted by molar-refractivity contribution is -0.385. The molecule has 0 aromatic carbocycles. The molecule has 1 heterocycles. The number of pyridine rings is 1. The average molecular weight is 266 g/mol. The molecule has 0 aliphatic rings. The van der Waals surface area contributed by atoms with Gasteiger partial charge in [-0.1, -0.05) is 0 Å². The van der Waals surface area contributed by atoms with Crippen molar-refractivity contribution in [2.45, 2.75) is 18.6 Å². The van der Waals surface area contributed by atoms with E-state index in [1.54, 1.807) is 0 Å². The van der Waals surface area contributed by atoms with Gasteiger partial charge in [-0.05, 0) is 0 Å². The molecule has 0 fully saturated rings. The predicted octanol–water partition coefficient (Wildman–Crippen LogP) is 1.24. The molecule has 0 radical (unpaired) electrons. The van der Waals surface area contributed by atoms with E-state index in [-0.39, 0.29) is 0 Å². The Morgan fingerprint density at radius 1 is 1.44 bits per heavy atom. The van der Waals surface area contributed by atoms with Gasteiger partial charge in [0.1, 0.15) is 0 Å². The van der Waals surface area contributed by atoms with Crippen LogP contribution in [0.2, 0.25) is 0 Å². The summed E-state index contributed by atoms with van der Waals surface area (Å²) in [7, 11) is 0. The minimum Gasteiger partial charge on any atom is -0.394 e. The minimum atomic E-state index is -4.59. The van der Waals surface area contributed by atoms with Crippen molar-refractivity contribution in [1.82, 2.24) is 4.57 Å². The molecule has 0 bridgehead atoms. The van der Waals surface area contributed by atoms with Crippen molar-refractivity contribution in [3.63, 3.8) is 0 Å². The summed E-state index contributed by atoms with van der Waals surface area (Å²) < 4.78 is 37.1. The molecular weight excluding hydrogens is 257 g/mol. The monoisotopic (exact) mass is 266 g/mol. The van der Waals surface area contributed by atoms with Gasteiger partial charge in [-0.3, -0.25) is 14.9 Å². The third-order valence-electron chi connectivity index (χ3n) is 2.20. The van der Waals surface area contributed by atoms with E-state index in [1.807, 2.05) is 0 Å². The lowest BCUT2D eigenvalue weighted by atomic mass is 10.2. The first-order valence-electron chi connectivity index (χ1n) is 4.79. The summed E-state index contributed by atoms with van der Waals surface area (Å²) in [5.74, 6) is 0. The second-order valence-corrected chi connectivity index (χ2v) is 3.55. The molecule has 0 saturated carbocycles. The number of aromatic nitrogens is 1. The van der Waals surface area contributed by atoms with Crippen molar-refractivity contribution < 1.29 is 23.2 Å². The summed E-state index contributed by atoms with van der Waals surface area (Å²) in [5, 5.41) is 19.3. The maximum Gasteiger partial charge on any atom is 0.391 e.